The van der Waals surface area contributed by atoms with E-state index in [1.165, 1.54) is 116 Å². The van der Waals surface area contributed by atoms with Crippen LogP contribution in [0.2, 0.25) is 0 Å². The number of rotatable bonds is 53. The fraction of sp³-hybridized carbons (Fsp3) is 0.692. The highest BCUT2D eigenvalue weighted by molar-refractivity contribution is 5.70. The molecule has 5 nitrogen and oxygen atoms in total. The molecule has 0 fully saturated rings. The van der Waals surface area contributed by atoms with Crippen LogP contribution in [0.5, 0.6) is 0 Å². The molecule has 400 valence electrons. The Labute approximate surface area is 434 Å². The van der Waals surface area contributed by atoms with Crippen molar-refractivity contribution in [2.24, 2.45) is 0 Å². The van der Waals surface area contributed by atoms with Crippen LogP contribution in [0.4, 0.5) is 0 Å². The minimum absolute atomic E-state index is 0.0615. The van der Waals surface area contributed by atoms with Gasteiger partial charge in [-0.3, -0.25) is 9.59 Å². The van der Waals surface area contributed by atoms with E-state index in [0.29, 0.717) is 19.4 Å². The van der Waals surface area contributed by atoms with Crippen LogP contribution in [0.25, 0.3) is 0 Å². The first kappa shape index (κ1) is 66.6. The molecule has 0 N–H and O–H groups in total. The van der Waals surface area contributed by atoms with Crippen LogP contribution in [0, 0.1) is 0 Å². The third-order valence-corrected chi connectivity index (χ3v) is 12.3. The number of allylic oxidation sites excluding steroid dienone is 18. The summed E-state index contributed by atoms with van der Waals surface area (Å²) >= 11 is 0. The van der Waals surface area contributed by atoms with E-state index in [4.69, 9.17) is 14.2 Å². The first-order valence-corrected chi connectivity index (χ1v) is 29.4. The summed E-state index contributed by atoms with van der Waals surface area (Å²) < 4.78 is 17.5. The molecule has 0 radical (unpaired) electrons. The minimum Gasteiger partial charge on any atom is -0.462 e. The molecule has 0 aromatic heterocycles. The van der Waals surface area contributed by atoms with Gasteiger partial charge in [0.1, 0.15) is 6.61 Å². The Bertz CT molecular complexity index is 1380. The van der Waals surface area contributed by atoms with E-state index in [-0.39, 0.29) is 25.2 Å². The molecule has 0 aromatic carbocycles. The molecule has 0 saturated heterocycles. The van der Waals surface area contributed by atoms with Crippen molar-refractivity contribution >= 4 is 11.9 Å². The van der Waals surface area contributed by atoms with Gasteiger partial charge in [0.05, 0.1) is 6.61 Å². The number of hydrogen-bond donors (Lipinski definition) is 0. The van der Waals surface area contributed by atoms with Crippen molar-refractivity contribution in [1.82, 2.24) is 0 Å². The van der Waals surface area contributed by atoms with Crippen LogP contribution in [0.15, 0.2) is 109 Å². The highest BCUT2D eigenvalue weighted by Gasteiger charge is 2.17. The zero-order chi connectivity index (χ0) is 50.6. The topological polar surface area (TPSA) is 61.8 Å². The molecule has 0 rings (SSSR count). The molecule has 0 aliphatic heterocycles. The van der Waals surface area contributed by atoms with Gasteiger partial charge in [-0.05, 0) is 128 Å². The van der Waals surface area contributed by atoms with Gasteiger partial charge in [0.2, 0.25) is 0 Å². The summed E-state index contributed by atoms with van der Waals surface area (Å²) in [7, 11) is 0. The average Bonchev–Trinajstić information content (AvgIpc) is 3.36. The number of hydrogen-bond acceptors (Lipinski definition) is 5. The van der Waals surface area contributed by atoms with E-state index in [1.807, 2.05) is 0 Å². The Balaban J connectivity index is 4.36. The van der Waals surface area contributed by atoms with Gasteiger partial charge in [-0.1, -0.05) is 233 Å². The summed E-state index contributed by atoms with van der Waals surface area (Å²) in [5.74, 6) is -0.432. The fourth-order valence-electron chi connectivity index (χ4n) is 7.89. The summed E-state index contributed by atoms with van der Waals surface area (Å²) in [6.45, 7) is 7.60. The Hall–Kier alpha value is -3.44. The molecule has 0 bridgehead atoms. The molecule has 0 aromatic rings. The maximum absolute atomic E-state index is 12.9. The average molecular weight is 972 g/mol. The lowest BCUT2D eigenvalue weighted by molar-refractivity contribution is -0.163. The number of unbranched alkanes of at least 4 members (excludes halogenated alkanes) is 24. The highest BCUT2D eigenvalue weighted by atomic mass is 16.6. The van der Waals surface area contributed by atoms with Crippen molar-refractivity contribution in [3.05, 3.63) is 109 Å². The molecule has 0 aliphatic carbocycles. The fourth-order valence-corrected chi connectivity index (χ4v) is 7.89. The van der Waals surface area contributed by atoms with Crippen molar-refractivity contribution in [3.63, 3.8) is 0 Å². The zero-order valence-corrected chi connectivity index (χ0v) is 46.0. The van der Waals surface area contributed by atoms with Crippen LogP contribution in [-0.2, 0) is 23.8 Å². The largest absolute Gasteiger partial charge is 0.462 e. The lowest BCUT2D eigenvalue weighted by Crippen LogP contribution is -2.30. The molecule has 0 aliphatic rings. The van der Waals surface area contributed by atoms with Gasteiger partial charge in [-0.2, -0.15) is 0 Å². The molecular formula is C65H110O5. The van der Waals surface area contributed by atoms with Gasteiger partial charge in [0.15, 0.2) is 6.10 Å². The number of esters is 2. The van der Waals surface area contributed by atoms with Gasteiger partial charge >= 0.3 is 11.9 Å². The first-order chi connectivity index (χ1) is 34.6. The zero-order valence-electron chi connectivity index (χ0n) is 46.0. The third-order valence-electron chi connectivity index (χ3n) is 12.3. The maximum atomic E-state index is 12.9. The quantitative estimate of drug-likeness (QED) is 0.0345. The first-order valence-electron chi connectivity index (χ1n) is 29.4. The molecule has 70 heavy (non-hydrogen) atoms. The van der Waals surface area contributed by atoms with E-state index in [1.54, 1.807) is 0 Å². The maximum Gasteiger partial charge on any atom is 0.306 e. The van der Waals surface area contributed by atoms with E-state index in [0.717, 1.165) is 116 Å². The summed E-state index contributed by atoms with van der Waals surface area (Å²) in [5, 5.41) is 0. The summed E-state index contributed by atoms with van der Waals surface area (Å²) in [6.07, 6.45) is 82.5. The van der Waals surface area contributed by atoms with Crippen LogP contribution in [-0.4, -0.2) is 37.9 Å². The van der Waals surface area contributed by atoms with Crippen molar-refractivity contribution in [2.75, 3.05) is 19.8 Å². The normalized spacial score (nSPS) is 13.0. The van der Waals surface area contributed by atoms with Crippen molar-refractivity contribution in [3.8, 4) is 0 Å². The van der Waals surface area contributed by atoms with Crippen molar-refractivity contribution in [2.45, 2.75) is 271 Å². The van der Waals surface area contributed by atoms with Gasteiger partial charge in [-0.25, -0.2) is 0 Å². The summed E-state index contributed by atoms with van der Waals surface area (Å²) in [6, 6.07) is 0. The second-order valence-electron chi connectivity index (χ2n) is 19.2. The van der Waals surface area contributed by atoms with E-state index in [2.05, 4.69) is 130 Å². The van der Waals surface area contributed by atoms with Crippen molar-refractivity contribution in [1.29, 1.82) is 0 Å². The Morgan fingerprint density at radius 1 is 0.329 bits per heavy atom. The predicted octanol–water partition coefficient (Wildman–Crippen LogP) is 20.3. The van der Waals surface area contributed by atoms with Crippen molar-refractivity contribution < 1.29 is 23.8 Å². The molecule has 0 spiro atoms. The monoisotopic (exact) mass is 971 g/mol. The molecule has 0 amide bonds. The molecule has 0 saturated carbocycles. The van der Waals surface area contributed by atoms with Gasteiger partial charge in [-0.15, -0.1) is 0 Å². The second-order valence-corrected chi connectivity index (χ2v) is 19.2. The van der Waals surface area contributed by atoms with Crippen LogP contribution < -0.4 is 0 Å². The Kier molecular flexibility index (Phi) is 56.9. The number of carbonyl (C=O) groups excluding carboxylic acids is 2. The third kappa shape index (κ3) is 57.1. The Morgan fingerprint density at radius 2 is 0.643 bits per heavy atom. The number of carbonyl (C=O) groups is 2. The molecule has 1 atom stereocenters. The molecule has 1 unspecified atom stereocenters. The lowest BCUT2D eigenvalue weighted by Gasteiger charge is -2.18. The summed E-state index contributed by atoms with van der Waals surface area (Å²) in [4.78, 5) is 25.5. The predicted molar refractivity (Wildman–Crippen MR) is 306 cm³/mol. The SMILES string of the molecule is CC/C=C\C/C=C\C/C=C\C/C=C\C/C=C\CCCCCCOCC(COC(=O)CCCCCCCCCCC/C=C\C/C=C\CCCCC)OC(=O)CCCCCCC/C=C\C/C=C\CCCCC. The smallest absolute Gasteiger partial charge is 0.306 e. The lowest BCUT2D eigenvalue weighted by atomic mass is 10.1. The Morgan fingerprint density at radius 3 is 1.03 bits per heavy atom. The van der Waals surface area contributed by atoms with Gasteiger partial charge in [0, 0.05) is 19.4 Å². The molecule has 5 heteroatoms. The van der Waals surface area contributed by atoms with Crippen LogP contribution in [0.3, 0.4) is 0 Å². The van der Waals surface area contributed by atoms with E-state index >= 15 is 0 Å². The summed E-state index contributed by atoms with van der Waals surface area (Å²) in [5.41, 5.74) is 0. The molecular weight excluding hydrogens is 861 g/mol. The highest BCUT2D eigenvalue weighted by Crippen LogP contribution is 2.14. The second kappa shape index (κ2) is 59.9. The minimum atomic E-state index is -0.567. The molecule has 0 heterocycles. The van der Waals surface area contributed by atoms with E-state index < -0.39 is 6.10 Å². The van der Waals surface area contributed by atoms with Crippen LogP contribution >= 0.6 is 0 Å². The van der Waals surface area contributed by atoms with Gasteiger partial charge < -0.3 is 14.2 Å². The number of ether oxygens (including phenoxy) is 3. The van der Waals surface area contributed by atoms with Crippen LogP contribution in [0.1, 0.15) is 265 Å². The van der Waals surface area contributed by atoms with E-state index in [9.17, 15) is 9.59 Å². The standard InChI is InChI=1S/C65H110O5/c1-4-7-10-13-16-19-22-25-28-30-32-34-36-39-42-45-48-51-54-57-60-68-61-63(70-65(67)59-56-53-50-47-44-41-37-27-24-21-18-15-12-9-6-3)62-69-64(66)58-55-52-49-46-43-40-38-35-33-31-29-26-23-20-17-14-11-8-5-2/h7,10,16-21,25-29,32,34,37,39,42,63H,4-6,8-9,11-15,22-24,30-31,33,35-36,38,40-41,43-62H2,1-3H3/b10-7-,19-16-,20-17-,21-18-,28-25-,29-26-,34-32-,37-27-,42-39-. The van der Waals surface area contributed by atoms with Gasteiger partial charge in [0.25, 0.3) is 0 Å².